The monoisotopic (exact) mass is 294 g/mol. The van der Waals surface area contributed by atoms with E-state index in [1.165, 1.54) is 7.11 Å². The molecule has 1 amide bonds. The van der Waals surface area contributed by atoms with E-state index in [-0.39, 0.29) is 29.6 Å². The smallest absolute Gasteiger partial charge is 0.310 e. The first-order valence-electron chi connectivity index (χ1n) is 7.07. The minimum Gasteiger partial charge on any atom is -0.469 e. The second-order valence-corrected chi connectivity index (χ2v) is 5.49. The Morgan fingerprint density at radius 3 is 2.95 bits per heavy atom. The zero-order valence-electron chi connectivity index (χ0n) is 12.6. The molecule has 0 aliphatic carbocycles. The quantitative estimate of drug-likeness (QED) is 0.725. The molecule has 2 rings (SSSR count). The van der Waals surface area contributed by atoms with Crippen molar-refractivity contribution >= 4 is 11.9 Å². The summed E-state index contributed by atoms with van der Waals surface area (Å²) in [4.78, 5) is 23.7. The van der Waals surface area contributed by atoms with Gasteiger partial charge in [0, 0.05) is 38.8 Å². The summed E-state index contributed by atoms with van der Waals surface area (Å²) in [5, 5.41) is 10.2. The number of carbonyl (C=O) groups excluding carboxylic acids is 2. The van der Waals surface area contributed by atoms with E-state index >= 15 is 0 Å². The largest absolute Gasteiger partial charge is 0.469 e. The SMILES string of the molecule is COC(=O)C(C)CNC(=O)[C@H]1CNC[C@@H]1c1cnn(C)c1. The van der Waals surface area contributed by atoms with Crippen molar-refractivity contribution in [3.63, 3.8) is 0 Å². The van der Waals surface area contributed by atoms with Crippen LogP contribution in [0, 0.1) is 11.8 Å². The minimum absolute atomic E-state index is 0.0374. The molecular formula is C14H22N4O3. The Morgan fingerprint density at radius 2 is 2.33 bits per heavy atom. The van der Waals surface area contributed by atoms with Crippen LogP contribution in [0.1, 0.15) is 18.4 Å². The second kappa shape index (κ2) is 6.71. The zero-order valence-corrected chi connectivity index (χ0v) is 12.6. The molecule has 0 bridgehead atoms. The van der Waals surface area contributed by atoms with E-state index in [2.05, 4.69) is 20.5 Å². The summed E-state index contributed by atoms with van der Waals surface area (Å²) >= 11 is 0. The zero-order chi connectivity index (χ0) is 15.4. The average Bonchev–Trinajstić information content (AvgIpc) is 3.11. The van der Waals surface area contributed by atoms with E-state index in [0.717, 1.165) is 12.1 Å². The second-order valence-electron chi connectivity index (χ2n) is 5.49. The maximum atomic E-state index is 12.3. The number of hydrogen-bond acceptors (Lipinski definition) is 5. The number of esters is 1. The summed E-state index contributed by atoms with van der Waals surface area (Å²) in [6.07, 6.45) is 3.74. The molecule has 1 aliphatic heterocycles. The van der Waals surface area contributed by atoms with Gasteiger partial charge in [-0.1, -0.05) is 6.92 Å². The molecule has 0 saturated carbocycles. The number of nitrogens with one attached hydrogen (secondary N) is 2. The Kier molecular flexibility index (Phi) is 4.95. The third-order valence-electron chi connectivity index (χ3n) is 3.89. The third kappa shape index (κ3) is 3.60. The molecule has 2 heterocycles. The van der Waals surface area contributed by atoms with Crippen LogP contribution < -0.4 is 10.6 Å². The lowest BCUT2D eigenvalue weighted by Crippen LogP contribution is -2.38. The van der Waals surface area contributed by atoms with Crippen molar-refractivity contribution in [2.24, 2.45) is 18.9 Å². The van der Waals surface area contributed by atoms with E-state index in [1.54, 1.807) is 17.8 Å². The number of hydrogen-bond donors (Lipinski definition) is 2. The number of aryl methyl sites for hydroxylation is 1. The fourth-order valence-corrected chi connectivity index (χ4v) is 2.61. The van der Waals surface area contributed by atoms with Crippen LogP contribution in [0.4, 0.5) is 0 Å². The number of amides is 1. The predicted octanol–water partition coefficient (Wildman–Crippen LogP) is -0.352. The van der Waals surface area contributed by atoms with Gasteiger partial charge in [-0.2, -0.15) is 5.10 Å². The fourth-order valence-electron chi connectivity index (χ4n) is 2.61. The predicted molar refractivity (Wildman–Crippen MR) is 76.5 cm³/mol. The standard InChI is InChI=1S/C14H22N4O3/c1-9(14(20)21-3)4-16-13(19)12-7-15-6-11(12)10-5-17-18(2)8-10/h5,8-9,11-12,15H,4,6-7H2,1-3H3,(H,16,19)/t9?,11-,12+/m1/s1. The maximum Gasteiger partial charge on any atom is 0.310 e. The van der Waals surface area contributed by atoms with Gasteiger partial charge >= 0.3 is 5.97 Å². The Bertz CT molecular complexity index is 514. The Labute approximate surface area is 124 Å². The van der Waals surface area contributed by atoms with Crippen molar-refractivity contribution in [3.8, 4) is 0 Å². The van der Waals surface area contributed by atoms with E-state index in [0.29, 0.717) is 13.1 Å². The average molecular weight is 294 g/mol. The van der Waals surface area contributed by atoms with Gasteiger partial charge in [0.25, 0.3) is 0 Å². The van der Waals surface area contributed by atoms with Crippen LogP contribution in [0.2, 0.25) is 0 Å². The molecule has 21 heavy (non-hydrogen) atoms. The molecule has 1 unspecified atom stereocenters. The molecule has 2 N–H and O–H groups in total. The van der Waals surface area contributed by atoms with Gasteiger partial charge in [-0.15, -0.1) is 0 Å². The number of ether oxygens (including phenoxy) is 1. The summed E-state index contributed by atoms with van der Waals surface area (Å²) < 4.78 is 6.39. The summed E-state index contributed by atoms with van der Waals surface area (Å²) in [7, 11) is 3.21. The molecular weight excluding hydrogens is 272 g/mol. The van der Waals surface area contributed by atoms with Crippen LogP contribution in [-0.4, -0.2) is 48.4 Å². The van der Waals surface area contributed by atoms with Crippen LogP contribution in [0.5, 0.6) is 0 Å². The minimum atomic E-state index is -0.342. The van der Waals surface area contributed by atoms with Crippen molar-refractivity contribution < 1.29 is 14.3 Å². The Hall–Kier alpha value is -1.89. The molecule has 1 aliphatic rings. The molecule has 0 spiro atoms. The summed E-state index contributed by atoms with van der Waals surface area (Å²) in [5.41, 5.74) is 1.06. The fraction of sp³-hybridized carbons (Fsp3) is 0.643. The highest BCUT2D eigenvalue weighted by Crippen LogP contribution is 2.27. The highest BCUT2D eigenvalue weighted by molar-refractivity contribution is 5.81. The lowest BCUT2D eigenvalue weighted by Gasteiger charge is -2.18. The number of carbonyl (C=O) groups is 2. The number of nitrogens with zero attached hydrogens (tertiary/aromatic N) is 2. The van der Waals surface area contributed by atoms with Gasteiger partial charge in [-0.05, 0) is 5.56 Å². The highest BCUT2D eigenvalue weighted by Gasteiger charge is 2.34. The van der Waals surface area contributed by atoms with Gasteiger partial charge in [-0.25, -0.2) is 0 Å². The first-order valence-corrected chi connectivity index (χ1v) is 7.07. The Balaban J connectivity index is 1.93. The first-order chi connectivity index (χ1) is 10.0. The normalized spacial score (nSPS) is 22.8. The summed E-state index contributed by atoms with van der Waals surface area (Å²) in [6.45, 7) is 3.42. The van der Waals surface area contributed by atoms with Crippen molar-refractivity contribution in [2.45, 2.75) is 12.8 Å². The van der Waals surface area contributed by atoms with Crippen LogP contribution in [0.15, 0.2) is 12.4 Å². The molecule has 7 heteroatoms. The van der Waals surface area contributed by atoms with E-state index in [4.69, 9.17) is 0 Å². The van der Waals surface area contributed by atoms with E-state index < -0.39 is 0 Å². The number of rotatable bonds is 5. The lowest BCUT2D eigenvalue weighted by molar-refractivity contribution is -0.144. The van der Waals surface area contributed by atoms with Crippen LogP contribution in [-0.2, 0) is 21.4 Å². The molecule has 1 saturated heterocycles. The summed E-state index contributed by atoms with van der Waals surface area (Å²) in [6, 6.07) is 0. The molecule has 0 radical (unpaired) electrons. The van der Waals surface area contributed by atoms with E-state index in [1.807, 2.05) is 13.2 Å². The first kappa shape index (κ1) is 15.5. The molecule has 1 aromatic heterocycles. The van der Waals surface area contributed by atoms with Gasteiger partial charge in [0.1, 0.15) is 0 Å². The highest BCUT2D eigenvalue weighted by atomic mass is 16.5. The van der Waals surface area contributed by atoms with Crippen molar-refractivity contribution in [1.29, 1.82) is 0 Å². The molecule has 3 atom stereocenters. The maximum absolute atomic E-state index is 12.3. The lowest BCUT2D eigenvalue weighted by atomic mass is 9.90. The van der Waals surface area contributed by atoms with Crippen molar-refractivity contribution in [1.82, 2.24) is 20.4 Å². The van der Waals surface area contributed by atoms with Crippen LogP contribution in [0.25, 0.3) is 0 Å². The molecule has 1 aromatic rings. The van der Waals surface area contributed by atoms with Crippen LogP contribution in [0.3, 0.4) is 0 Å². The van der Waals surface area contributed by atoms with E-state index in [9.17, 15) is 9.59 Å². The van der Waals surface area contributed by atoms with Crippen molar-refractivity contribution in [2.75, 3.05) is 26.7 Å². The van der Waals surface area contributed by atoms with Crippen molar-refractivity contribution in [3.05, 3.63) is 18.0 Å². The molecule has 116 valence electrons. The molecule has 1 fully saturated rings. The van der Waals surface area contributed by atoms with Gasteiger partial charge < -0.3 is 15.4 Å². The third-order valence-corrected chi connectivity index (χ3v) is 3.89. The number of aromatic nitrogens is 2. The summed E-state index contributed by atoms with van der Waals surface area (Å²) in [5.74, 6) is -0.718. The van der Waals surface area contributed by atoms with Gasteiger partial charge in [0.2, 0.25) is 5.91 Å². The molecule has 0 aromatic carbocycles. The Morgan fingerprint density at radius 1 is 1.57 bits per heavy atom. The topological polar surface area (TPSA) is 85.2 Å². The van der Waals surface area contributed by atoms with Gasteiger partial charge in [-0.3, -0.25) is 14.3 Å². The van der Waals surface area contributed by atoms with Gasteiger partial charge in [0.15, 0.2) is 0 Å². The van der Waals surface area contributed by atoms with Crippen LogP contribution >= 0.6 is 0 Å². The van der Waals surface area contributed by atoms with Gasteiger partial charge in [0.05, 0.1) is 25.1 Å². The number of methoxy groups -OCH3 is 1. The molecule has 7 nitrogen and oxygen atoms in total.